The zero-order chi connectivity index (χ0) is 11.4. The van der Waals surface area contributed by atoms with Crippen LogP contribution in [-0.2, 0) is 0 Å². The summed E-state index contributed by atoms with van der Waals surface area (Å²) in [6, 6.07) is 4.05. The number of hydrogen-bond acceptors (Lipinski definition) is 3. The second-order valence-corrected chi connectivity index (χ2v) is 2.98. The van der Waals surface area contributed by atoms with E-state index in [4.69, 9.17) is 0 Å². The number of nitrogens with zero attached hydrogens (tertiary/aromatic N) is 1. The van der Waals surface area contributed by atoms with Crippen LogP contribution in [-0.4, -0.2) is 18.0 Å². The maximum atomic E-state index is 11.0. The topological polar surface area (TPSA) is 84.3 Å². The molecule has 0 atom stereocenters. The summed E-state index contributed by atoms with van der Waals surface area (Å²) in [4.78, 5) is 21.1. The van der Waals surface area contributed by atoms with Crippen LogP contribution in [0.4, 0.5) is 16.2 Å². The molecule has 0 bridgehead atoms. The molecule has 80 valence electrons. The quantitative estimate of drug-likeness (QED) is 0.573. The van der Waals surface area contributed by atoms with Gasteiger partial charge < -0.3 is 10.6 Å². The maximum Gasteiger partial charge on any atom is 0.319 e. The standard InChI is InChI=1S/C9H11N3O3/c1-6-3-4-8(12(14)15)7(5-6)11-9(13)10-2/h3-5H,1-2H3,(H2,10,11,13). The van der Waals surface area contributed by atoms with Crippen LogP contribution in [0.1, 0.15) is 5.56 Å². The van der Waals surface area contributed by atoms with Crippen molar-refractivity contribution in [3.05, 3.63) is 33.9 Å². The Kier molecular flexibility index (Phi) is 3.22. The van der Waals surface area contributed by atoms with E-state index < -0.39 is 11.0 Å². The highest BCUT2D eigenvalue weighted by atomic mass is 16.6. The van der Waals surface area contributed by atoms with Crippen molar-refractivity contribution in [3.63, 3.8) is 0 Å². The molecule has 0 saturated carbocycles. The lowest BCUT2D eigenvalue weighted by molar-refractivity contribution is -0.383. The van der Waals surface area contributed by atoms with Crippen molar-refractivity contribution >= 4 is 17.4 Å². The van der Waals surface area contributed by atoms with Crippen molar-refractivity contribution in [2.24, 2.45) is 0 Å². The van der Waals surface area contributed by atoms with Gasteiger partial charge in [-0.3, -0.25) is 10.1 Å². The van der Waals surface area contributed by atoms with Crippen LogP contribution in [0.3, 0.4) is 0 Å². The Morgan fingerprint density at radius 3 is 2.67 bits per heavy atom. The van der Waals surface area contributed by atoms with E-state index in [0.29, 0.717) is 0 Å². The Labute approximate surface area is 86.4 Å². The molecule has 0 aromatic heterocycles. The summed E-state index contributed by atoms with van der Waals surface area (Å²) in [7, 11) is 1.44. The number of hydrogen-bond donors (Lipinski definition) is 2. The number of amides is 2. The molecule has 0 saturated heterocycles. The Hall–Kier alpha value is -2.11. The minimum atomic E-state index is -0.537. The lowest BCUT2D eigenvalue weighted by Gasteiger charge is -2.05. The minimum absolute atomic E-state index is 0.121. The fourth-order valence-corrected chi connectivity index (χ4v) is 1.09. The lowest BCUT2D eigenvalue weighted by atomic mass is 10.2. The molecular weight excluding hydrogens is 198 g/mol. The number of nitrogens with one attached hydrogen (secondary N) is 2. The summed E-state index contributed by atoms with van der Waals surface area (Å²) in [6.07, 6.45) is 0. The molecule has 0 aliphatic heterocycles. The summed E-state index contributed by atoms with van der Waals surface area (Å²) in [6.45, 7) is 1.79. The van der Waals surface area contributed by atoms with E-state index in [1.165, 1.54) is 13.1 Å². The van der Waals surface area contributed by atoms with Gasteiger partial charge in [0.1, 0.15) is 5.69 Å². The average Bonchev–Trinajstić information content (AvgIpc) is 2.17. The first-order valence-corrected chi connectivity index (χ1v) is 4.28. The first kappa shape index (κ1) is 11.0. The highest BCUT2D eigenvalue weighted by Crippen LogP contribution is 2.24. The summed E-state index contributed by atoms with van der Waals surface area (Å²) < 4.78 is 0. The van der Waals surface area contributed by atoms with Crippen molar-refractivity contribution < 1.29 is 9.72 Å². The molecule has 0 aliphatic rings. The fraction of sp³-hybridized carbons (Fsp3) is 0.222. The van der Waals surface area contributed by atoms with E-state index in [1.54, 1.807) is 19.1 Å². The van der Waals surface area contributed by atoms with E-state index in [-0.39, 0.29) is 11.4 Å². The van der Waals surface area contributed by atoms with E-state index in [2.05, 4.69) is 10.6 Å². The Morgan fingerprint density at radius 2 is 2.13 bits per heavy atom. The van der Waals surface area contributed by atoms with Crippen LogP contribution in [0.15, 0.2) is 18.2 Å². The van der Waals surface area contributed by atoms with Gasteiger partial charge in [-0.2, -0.15) is 0 Å². The highest BCUT2D eigenvalue weighted by molar-refractivity contribution is 5.91. The van der Waals surface area contributed by atoms with Gasteiger partial charge in [0.15, 0.2) is 0 Å². The zero-order valence-electron chi connectivity index (χ0n) is 8.40. The van der Waals surface area contributed by atoms with Gasteiger partial charge in [-0.05, 0) is 18.6 Å². The van der Waals surface area contributed by atoms with Crippen molar-refractivity contribution in [1.29, 1.82) is 0 Å². The minimum Gasteiger partial charge on any atom is -0.341 e. The van der Waals surface area contributed by atoms with Gasteiger partial charge in [-0.25, -0.2) is 4.79 Å². The van der Waals surface area contributed by atoms with E-state index >= 15 is 0 Å². The average molecular weight is 209 g/mol. The maximum absolute atomic E-state index is 11.0. The monoisotopic (exact) mass is 209 g/mol. The van der Waals surface area contributed by atoms with Crippen LogP contribution in [0, 0.1) is 17.0 Å². The summed E-state index contributed by atoms with van der Waals surface area (Å²) in [5.74, 6) is 0. The molecule has 0 radical (unpaired) electrons. The number of aryl methyl sites for hydroxylation is 1. The molecule has 0 spiro atoms. The highest BCUT2D eigenvalue weighted by Gasteiger charge is 2.14. The van der Waals surface area contributed by atoms with Crippen molar-refractivity contribution in [3.8, 4) is 0 Å². The zero-order valence-corrected chi connectivity index (χ0v) is 8.40. The molecule has 2 N–H and O–H groups in total. The van der Waals surface area contributed by atoms with Gasteiger partial charge in [0, 0.05) is 13.1 Å². The van der Waals surface area contributed by atoms with E-state index in [9.17, 15) is 14.9 Å². The third-order valence-electron chi connectivity index (χ3n) is 1.82. The molecule has 2 amide bonds. The molecule has 1 aromatic rings. The normalized spacial score (nSPS) is 9.47. The predicted octanol–water partition coefficient (Wildman–Crippen LogP) is 1.65. The van der Waals surface area contributed by atoms with Crippen molar-refractivity contribution in [2.45, 2.75) is 6.92 Å². The number of nitro groups is 1. The molecule has 0 heterocycles. The second kappa shape index (κ2) is 4.41. The molecule has 0 aliphatic carbocycles. The van der Waals surface area contributed by atoms with Gasteiger partial charge in [-0.15, -0.1) is 0 Å². The number of anilines is 1. The van der Waals surface area contributed by atoms with Gasteiger partial charge in [0.25, 0.3) is 5.69 Å². The number of carbonyl (C=O) groups is 1. The molecule has 6 nitrogen and oxygen atoms in total. The summed E-state index contributed by atoms with van der Waals surface area (Å²) in [5, 5.41) is 15.4. The number of urea groups is 1. The van der Waals surface area contributed by atoms with Crippen LogP contribution >= 0.6 is 0 Å². The van der Waals surface area contributed by atoms with Gasteiger partial charge in [0.05, 0.1) is 4.92 Å². The van der Waals surface area contributed by atoms with Gasteiger partial charge >= 0.3 is 6.03 Å². The Morgan fingerprint density at radius 1 is 1.47 bits per heavy atom. The third kappa shape index (κ3) is 2.67. The van der Waals surface area contributed by atoms with E-state index in [0.717, 1.165) is 5.56 Å². The van der Waals surface area contributed by atoms with Gasteiger partial charge in [-0.1, -0.05) is 6.07 Å². The van der Waals surface area contributed by atoms with Crippen LogP contribution in [0.2, 0.25) is 0 Å². The van der Waals surface area contributed by atoms with Crippen molar-refractivity contribution in [2.75, 3.05) is 12.4 Å². The van der Waals surface area contributed by atoms with Crippen molar-refractivity contribution in [1.82, 2.24) is 5.32 Å². The van der Waals surface area contributed by atoms with Gasteiger partial charge in [0.2, 0.25) is 0 Å². The lowest BCUT2D eigenvalue weighted by Crippen LogP contribution is -2.24. The largest absolute Gasteiger partial charge is 0.341 e. The first-order valence-electron chi connectivity index (χ1n) is 4.28. The molecule has 15 heavy (non-hydrogen) atoms. The fourth-order valence-electron chi connectivity index (χ4n) is 1.09. The predicted molar refractivity (Wildman–Crippen MR) is 55.9 cm³/mol. The Balaban J connectivity index is 3.07. The molecule has 1 rings (SSSR count). The molecular formula is C9H11N3O3. The second-order valence-electron chi connectivity index (χ2n) is 2.98. The number of carbonyl (C=O) groups excluding carboxylic acids is 1. The number of nitro benzene ring substituents is 1. The summed E-state index contributed by atoms with van der Waals surface area (Å²) >= 11 is 0. The molecule has 0 unspecified atom stereocenters. The number of benzene rings is 1. The number of rotatable bonds is 2. The summed E-state index contributed by atoms with van der Waals surface area (Å²) in [5.41, 5.74) is 0.913. The molecule has 1 aromatic carbocycles. The van der Waals surface area contributed by atoms with Crippen LogP contribution in [0.5, 0.6) is 0 Å². The third-order valence-corrected chi connectivity index (χ3v) is 1.82. The first-order chi connectivity index (χ1) is 7.04. The van der Waals surface area contributed by atoms with E-state index in [1.807, 2.05) is 0 Å². The Bertz CT molecular complexity index is 404. The molecule has 0 fully saturated rings. The van der Waals surface area contributed by atoms with Crippen LogP contribution < -0.4 is 10.6 Å². The smallest absolute Gasteiger partial charge is 0.319 e. The molecule has 6 heteroatoms. The SMILES string of the molecule is CNC(=O)Nc1cc(C)ccc1[N+](=O)[O-]. The van der Waals surface area contributed by atoms with Crippen LogP contribution in [0.25, 0.3) is 0 Å².